The maximum atomic E-state index is 5.80. The number of rotatable bonds is 6. The fourth-order valence-corrected chi connectivity index (χ4v) is 2.32. The van der Waals surface area contributed by atoms with Crippen molar-refractivity contribution in [2.75, 3.05) is 13.2 Å². The van der Waals surface area contributed by atoms with E-state index in [2.05, 4.69) is 34.1 Å². The number of hydrogen-bond donors (Lipinski definition) is 0. The van der Waals surface area contributed by atoms with Gasteiger partial charge in [-0.2, -0.15) is 0 Å². The monoisotopic (exact) mass is 326 g/mol. The molecule has 0 saturated carbocycles. The van der Waals surface area contributed by atoms with Gasteiger partial charge in [0.2, 0.25) is 0 Å². The maximum Gasteiger partial charge on any atom is 0.174 e. The molecule has 0 fully saturated rings. The number of hydrogen-bond acceptors (Lipinski definition) is 3. The highest BCUT2D eigenvalue weighted by Gasteiger charge is 2.25. The van der Waals surface area contributed by atoms with Crippen LogP contribution in [0.2, 0.25) is 0 Å². The quantitative estimate of drug-likeness (QED) is 0.593. The van der Waals surface area contributed by atoms with Crippen LogP contribution in [-0.2, 0) is 20.8 Å². The van der Waals surface area contributed by atoms with E-state index in [1.165, 1.54) is 5.56 Å². The molecule has 1 aliphatic heterocycles. The second kappa shape index (κ2) is 7.80. The van der Waals surface area contributed by atoms with Crippen LogP contribution in [-0.4, -0.2) is 30.4 Å². The summed E-state index contributed by atoms with van der Waals surface area (Å²) in [5.74, 6) is 0. The van der Waals surface area contributed by atoms with Crippen LogP contribution in [0, 0.1) is 0 Å². The number of alkyl halides is 1. The smallest absolute Gasteiger partial charge is 0.174 e. The van der Waals surface area contributed by atoms with E-state index in [-0.39, 0.29) is 17.2 Å². The van der Waals surface area contributed by atoms with Gasteiger partial charge in [-0.15, -0.1) is 0 Å². The lowest BCUT2D eigenvalue weighted by Crippen LogP contribution is -2.36. The third-order valence-corrected chi connectivity index (χ3v) is 3.54. The van der Waals surface area contributed by atoms with Crippen molar-refractivity contribution in [2.45, 2.75) is 30.8 Å². The van der Waals surface area contributed by atoms with E-state index in [9.17, 15) is 0 Å². The first-order valence-electron chi connectivity index (χ1n) is 6.50. The van der Waals surface area contributed by atoms with Gasteiger partial charge in [0.05, 0.1) is 18.0 Å². The largest absolute Gasteiger partial charge is 0.374 e. The maximum absolute atomic E-state index is 5.80. The summed E-state index contributed by atoms with van der Waals surface area (Å²) in [6.45, 7) is 3.74. The molecule has 0 radical (unpaired) electrons. The van der Waals surface area contributed by atoms with Crippen molar-refractivity contribution in [2.24, 2.45) is 0 Å². The first-order valence-corrected chi connectivity index (χ1v) is 7.42. The SMILES string of the molecule is CCO[C@H]1O[C@H](COCc2ccccc2)C=C[C@@H]1Br. The average molecular weight is 327 g/mol. The predicted octanol–water partition coefficient (Wildman–Crippen LogP) is 3.28. The van der Waals surface area contributed by atoms with Crippen LogP contribution in [0.1, 0.15) is 12.5 Å². The Labute approximate surface area is 122 Å². The topological polar surface area (TPSA) is 27.7 Å². The average Bonchev–Trinajstić information content (AvgIpc) is 2.44. The predicted molar refractivity (Wildman–Crippen MR) is 78.2 cm³/mol. The normalized spacial score (nSPS) is 26.5. The molecule has 1 heterocycles. The molecule has 1 aromatic carbocycles. The molecule has 0 saturated heterocycles. The van der Waals surface area contributed by atoms with Crippen molar-refractivity contribution in [3.8, 4) is 0 Å². The molecule has 0 aliphatic carbocycles. The lowest BCUT2D eigenvalue weighted by atomic mass is 10.2. The van der Waals surface area contributed by atoms with Crippen LogP contribution in [0.3, 0.4) is 0 Å². The Morgan fingerprint density at radius 3 is 2.74 bits per heavy atom. The molecular formula is C15H19BrO3. The van der Waals surface area contributed by atoms with Crippen molar-refractivity contribution in [1.82, 2.24) is 0 Å². The number of halogens is 1. The van der Waals surface area contributed by atoms with Gasteiger partial charge in [0, 0.05) is 6.61 Å². The Morgan fingerprint density at radius 1 is 1.21 bits per heavy atom. The summed E-state index contributed by atoms with van der Waals surface area (Å²) in [6.07, 6.45) is 3.79. The van der Waals surface area contributed by atoms with Crippen LogP contribution >= 0.6 is 15.9 Å². The van der Waals surface area contributed by atoms with Crippen LogP contribution < -0.4 is 0 Å². The second-order valence-electron chi connectivity index (χ2n) is 4.33. The highest BCUT2D eigenvalue weighted by atomic mass is 79.9. The fraction of sp³-hybridized carbons (Fsp3) is 0.467. The standard InChI is InChI=1S/C15H19BrO3/c1-2-18-15-14(16)9-8-13(19-15)11-17-10-12-6-4-3-5-7-12/h3-9,13-15H,2,10-11H2,1H3/t13-,14-,15-/m0/s1. The summed E-state index contributed by atoms with van der Waals surface area (Å²) in [4.78, 5) is 0.109. The fourth-order valence-electron chi connectivity index (χ4n) is 1.87. The van der Waals surface area contributed by atoms with E-state index in [4.69, 9.17) is 14.2 Å². The molecule has 104 valence electrons. The first-order chi connectivity index (χ1) is 9.29. The Hall–Kier alpha value is -0.680. The minimum absolute atomic E-state index is 0.0472. The van der Waals surface area contributed by atoms with Gasteiger partial charge < -0.3 is 14.2 Å². The molecule has 1 aliphatic rings. The van der Waals surface area contributed by atoms with Crippen molar-refractivity contribution >= 4 is 15.9 Å². The zero-order chi connectivity index (χ0) is 13.5. The Kier molecular flexibility index (Phi) is 6.04. The van der Waals surface area contributed by atoms with Crippen molar-refractivity contribution in [1.29, 1.82) is 0 Å². The van der Waals surface area contributed by atoms with Gasteiger partial charge in [-0.1, -0.05) is 58.4 Å². The van der Waals surface area contributed by atoms with Gasteiger partial charge in [-0.25, -0.2) is 0 Å². The summed E-state index contributed by atoms with van der Waals surface area (Å²) >= 11 is 3.51. The molecule has 0 bridgehead atoms. The van der Waals surface area contributed by atoms with Gasteiger partial charge in [-0.3, -0.25) is 0 Å². The highest BCUT2D eigenvalue weighted by molar-refractivity contribution is 9.09. The molecule has 0 N–H and O–H groups in total. The summed E-state index contributed by atoms with van der Waals surface area (Å²) in [5, 5.41) is 0. The summed E-state index contributed by atoms with van der Waals surface area (Å²) in [6, 6.07) is 10.1. The summed E-state index contributed by atoms with van der Waals surface area (Å²) in [7, 11) is 0. The molecule has 19 heavy (non-hydrogen) atoms. The van der Waals surface area contributed by atoms with Gasteiger partial charge in [-0.05, 0) is 12.5 Å². The molecule has 1 aromatic rings. The zero-order valence-corrected chi connectivity index (χ0v) is 12.6. The summed E-state index contributed by atoms with van der Waals surface area (Å²) in [5.41, 5.74) is 1.17. The molecular weight excluding hydrogens is 308 g/mol. The Morgan fingerprint density at radius 2 is 2.00 bits per heavy atom. The van der Waals surface area contributed by atoms with E-state index >= 15 is 0 Å². The Balaban J connectivity index is 1.76. The lowest BCUT2D eigenvalue weighted by molar-refractivity contribution is -0.168. The van der Waals surface area contributed by atoms with E-state index in [1.807, 2.05) is 31.2 Å². The minimum atomic E-state index is -0.236. The van der Waals surface area contributed by atoms with Crippen LogP contribution in [0.5, 0.6) is 0 Å². The number of ether oxygens (including phenoxy) is 3. The zero-order valence-electron chi connectivity index (χ0n) is 11.0. The van der Waals surface area contributed by atoms with E-state index in [0.717, 1.165) is 0 Å². The molecule has 3 atom stereocenters. The van der Waals surface area contributed by atoms with Gasteiger partial charge in [0.25, 0.3) is 0 Å². The third-order valence-electron chi connectivity index (χ3n) is 2.80. The first kappa shape index (κ1) is 14.7. The third kappa shape index (κ3) is 4.73. The van der Waals surface area contributed by atoms with Crippen LogP contribution in [0.25, 0.3) is 0 Å². The van der Waals surface area contributed by atoms with Crippen molar-refractivity contribution in [3.63, 3.8) is 0 Å². The summed E-state index contributed by atoms with van der Waals surface area (Å²) < 4.78 is 17.0. The molecule has 0 spiro atoms. The molecule has 0 aromatic heterocycles. The van der Waals surface area contributed by atoms with Crippen molar-refractivity contribution < 1.29 is 14.2 Å². The molecule has 4 heteroatoms. The lowest BCUT2D eigenvalue weighted by Gasteiger charge is -2.29. The molecule has 0 amide bonds. The Bertz CT molecular complexity index is 394. The number of benzene rings is 1. The van der Waals surface area contributed by atoms with Gasteiger partial charge in [0.15, 0.2) is 6.29 Å². The van der Waals surface area contributed by atoms with E-state index in [1.54, 1.807) is 0 Å². The van der Waals surface area contributed by atoms with Crippen molar-refractivity contribution in [3.05, 3.63) is 48.0 Å². The van der Waals surface area contributed by atoms with Crippen LogP contribution in [0.15, 0.2) is 42.5 Å². The molecule has 2 rings (SSSR count). The molecule has 3 nitrogen and oxygen atoms in total. The molecule has 0 unspecified atom stereocenters. The second-order valence-corrected chi connectivity index (χ2v) is 5.39. The van der Waals surface area contributed by atoms with E-state index in [0.29, 0.717) is 19.8 Å². The highest BCUT2D eigenvalue weighted by Crippen LogP contribution is 2.20. The van der Waals surface area contributed by atoms with E-state index < -0.39 is 0 Å². The minimum Gasteiger partial charge on any atom is -0.374 e. The van der Waals surface area contributed by atoms with Gasteiger partial charge >= 0.3 is 0 Å². The van der Waals surface area contributed by atoms with Gasteiger partial charge in [0.1, 0.15) is 6.10 Å². The van der Waals surface area contributed by atoms with Crippen LogP contribution in [0.4, 0.5) is 0 Å².